The van der Waals surface area contributed by atoms with Gasteiger partial charge in [-0.15, -0.1) is 0 Å². The molecule has 0 radical (unpaired) electrons. The second-order valence-corrected chi connectivity index (χ2v) is 2.95. The minimum Gasteiger partial charge on any atom is -0.240 e. The molecule has 0 aliphatic carbocycles. The van der Waals surface area contributed by atoms with E-state index in [1.54, 1.807) is 0 Å². The van der Waals surface area contributed by atoms with Crippen molar-refractivity contribution >= 4 is 21.8 Å². The molecule has 0 saturated heterocycles. The first-order chi connectivity index (χ1) is 3.81. The van der Waals surface area contributed by atoms with E-state index in [4.69, 9.17) is 10.7 Å². The van der Waals surface area contributed by atoms with Crippen molar-refractivity contribution in [3.63, 3.8) is 0 Å². The van der Waals surface area contributed by atoms with Crippen molar-refractivity contribution in [2.24, 2.45) is 0 Å². The standard InChI is InChI=1S/C5H12ClNS/c1-3-4-5-7(2)8-6/h3-5H2,1-2H3. The zero-order chi connectivity index (χ0) is 6.41. The van der Waals surface area contributed by atoms with Crippen molar-refractivity contribution in [1.29, 1.82) is 0 Å². The third kappa shape index (κ3) is 4.75. The molecule has 0 aliphatic rings. The lowest BCUT2D eigenvalue weighted by Gasteiger charge is -2.07. The number of nitrogens with zero attached hydrogens (tertiary/aromatic N) is 1. The summed E-state index contributed by atoms with van der Waals surface area (Å²) < 4.78 is 2.02. The van der Waals surface area contributed by atoms with Gasteiger partial charge in [-0.2, -0.15) is 0 Å². The van der Waals surface area contributed by atoms with Crippen molar-refractivity contribution in [2.45, 2.75) is 19.8 Å². The highest BCUT2D eigenvalue weighted by molar-refractivity contribution is 8.19. The van der Waals surface area contributed by atoms with Crippen LogP contribution in [0.3, 0.4) is 0 Å². The van der Waals surface area contributed by atoms with E-state index in [2.05, 4.69) is 6.92 Å². The van der Waals surface area contributed by atoms with Gasteiger partial charge in [0.15, 0.2) is 0 Å². The minimum absolute atomic E-state index is 1.09. The van der Waals surface area contributed by atoms with Gasteiger partial charge >= 0.3 is 0 Å². The smallest absolute Gasteiger partial charge is 0.0304 e. The summed E-state index contributed by atoms with van der Waals surface area (Å²) in [7, 11) is 7.42. The normalized spacial score (nSPS) is 10.5. The van der Waals surface area contributed by atoms with E-state index in [0.29, 0.717) is 0 Å². The number of halogens is 1. The maximum absolute atomic E-state index is 5.43. The fourth-order valence-corrected chi connectivity index (χ4v) is 0.820. The molecule has 0 amide bonds. The highest BCUT2D eigenvalue weighted by atomic mass is 35.7. The Hall–Kier alpha value is 0.600. The molecule has 0 aromatic heterocycles. The van der Waals surface area contributed by atoms with E-state index < -0.39 is 0 Å². The molecule has 0 fully saturated rings. The summed E-state index contributed by atoms with van der Waals surface area (Å²) >= 11 is 1.27. The lowest BCUT2D eigenvalue weighted by molar-refractivity contribution is 0.541. The van der Waals surface area contributed by atoms with Crippen molar-refractivity contribution in [3.05, 3.63) is 0 Å². The maximum Gasteiger partial charge on any atom is 0.0304 e. The summed E-state index contributed by atoms with van der Waals surface area (Å²) in [4.78, 5) is 0. The summed E-state index contributed by atoms with van der Waals surface area (Å²) in [5.74, 6) is 0. The topological polar surface area (TPSA) is 3.24 Å². The van der Waals surface area contributed by atoms with Gasteiger partial charge in [0.1, 0.15) is 0 Å². The molecule has 0 unspecified atom stereocenters. The quantitative estimate of drug-likeness (QED) is 0.571. The van der Waals surface area contributed by atoms with Crippen molar-refractivity contribution < 1.29 is 0 Å². The molecule has 1 nitrogen and oxygen atoms in total. The number of hydrogen-bond acceptors (Lipinski definition) is 2. The summed E-state index contributed by atoms with van der Waals surface area (Å²) in [6.07, 6.45) is 2.47. The fraction of sp³-hybridized carbons (Fsp3) is 1.00. The highest BCUT2D eigenvalue weighted by Gasteiger charge is 1.92. The molecule has 0 aromatic rings. The molecule has 0 spiro atoms. The first-order valence-corrected chi connectivity index (χ1v) is 4.41. The Morgan fingerprint density at radius 3 is 2.62 bits per heavy atom. The van der Waals surface area contributed by atoms with Crippen molar-refractivity contribution in [2.75, 3.05) is 13.6 Å². The van der Waals surface area contributed by atoms with Crippen molar-refractivity contribution in [1.82, 2.24) is 4.31 Å². The van der Waals surface area contributed by atoms with Gasteiger partial charge in [-0.05, 0) is 24.2 Å². The Balaban J connectivity index is 2.86. The second-order valence-electron chi connectivity index (χ2n) is 1.77. The highest BCUT2D eigenvalue weighted by Crippen LogP contribution is 2.11. The molecule has 0 saturated carbocycles. The fourth-order valence-electron chi connectivity index (χ4n) is 0.415. The Kier molecular flexibility index (Phi) is 6.16. The van der Waals surface area contributed by atoms with Gasteiger partial charge in [-0.1, -0.05) is 13.3 Å². The average Bonchev–Trinajstić information content (AvgIpc) is 1.83. The predicted octanol–water partition coefficient (Wildman–Crippen LogP) is 2.52. The monoisotopic (exact) mass is 153 g/mol. The average molecular weight is 154 g/mol. The summed E-state index contributed by atoms with van der Waals surface area (Å²) in [5.41, 5.74) is 0. The van der Waals surface area contributed by atoms with Crippen LogP contribution in [0.2, 0.25) is 0 Å². The van der Waals surface area contributed by atoms with Crippen LogP contribution in [0, 0.1) is 0 Å². The summed E-state index contributed by atoms with van der Waals surface area (Å²) in [6.45, 7) is 3.26. The molecule has 0 N–H and O–H groups in total. The summed E-state index contributed by atoms with van der Waals surface area (Å²) in [6, 6.07) is 0. The Bertz CT molecular complexity index is 51.7. The van der Waals surface area contributed by atoms with Gasteiger partial charge in [-0.25, -0.2) is 4.31 Å². The van der Waals surface area contributed by atoms with Crippen LogP contribution in [-0.2, 0) is 0 Å². The summed E-state index contributed by atoms with van der Waals surface area (Å²) in [5, 5.41) is 0. The molecule has 0 heterocycles. The third-order valence-electron chi connectivity index (χ3n) is 0.944. The molecule has 3 heteroatoms. The first-order valence-electron chi connectivity index (χ1n) is 2.81. The molecule has 0 bridgehead atoms. The number of rotatable bonds is 4. The molecular weight excluding hydrogens is 142 g/mol. The zero-order valence-corrected chi connectivity index (χ0v) is 6.93. The van der Waals surface area contributed by atoms with Crippen LogP contribution in [0.5, 0.6) is 0 Å². The maximum atomic E-state index is 5.43. The molecule has 0 aliphatic heterocycles. The van der Waals surface area contributed by atoms with Gasteiger partial charge in [0.2, 0.25) is 0 Å². The molecule has 0 rings (SSSR count). The van der Waals surface area contributed by atoms with Crippen LogP contribution in [-0.4, -0.2) is 17.9 Å². The van der Waals surface area contributed by atoms with E-state index >= 15 is 0 Å². The predicted molar refractivity (Wildman–Crippen MR) is 41.0 cm³/mol. The SMILES string of the molecule is CCCCN(C)SCl. The third-order valence-corrected chi connectivity index (χ3v) is 2.07. The van der Waals surface area contributed by atoms with Crippen LogP contribution < -0.4 is 0 Å². The van der Waals surface area contributed by atoms with Gasteiger partial charge in [0.25, 0.3) is 0 Å². The van der Waals surface area contributed by atoms with Crippen LogP contribution in [0.25, 0.3) is 0 Å². The van der Waals surface area contributed by atoms with Gasteiger partial charge in [0, 0.05) is 17.7 Å². The minimum atomic E-state index is 1.09. The van der Waals surface area contributed by atoms with E-state index in [-0.39, 0.29) is 0 Å². The van der Waals surface area contributed by atoms with E-state index in [9.17, 15) is 0 Å². The molecule has 8 heavy (non-hydrogen) atoms. The largest absolute Gasteiger partial charge is 0.240 e. The molecule has 50 valence electrons. The van der Waals surface area contributed by atoms with Gasteiger partial charge < -0.3 is 0 Å². The molecule has 0 atom stereocenters. The van der Waals surface area contributed by atoms with Crippen LogP contribution in [0.4, 0.5) is 0 Å². The Labute approximate surface area is 60.0 Å². The van der Waals surface area contributed by atoms with Crippen LogP contribution in [0.15, 0.2) is 0 Å². The van der Waals surface area contributed by atoms with E-state index in [1.807, 2.05) is 11.4 Å². The molecular formula is C5H12ClNS. The van der Waals surface area contributed by atoms with Crippen molar-refractivity contribution in [3.8, 4) is 0 Å². The van der Waals surface area contributed by atoms with Crippen LogP contribution >= 0.6 is 21.8 Å². The van der Waals surface area contributed by atoms with Gasteiger partial charge in [-0.3, -0.25) is 0 Å². The van der Waals surface area contributed by atoms with E-state index in [1.165, 1.54) is 24.0 Å². The second kappa shape index (κ2) is 5.73. The zero-order valence-electron chi connectivity index (χ0n) is 5.35. The lowest BCUT2D eigenvalue weighted by atomic mass is 10.3. The number of unbranched alkanes of at least 4 members (excludes halogenated alkanes) is 1. The molecule has 0 aromatic carbocycles. The Morgan fingerprint density at radius 1 is 1.62 bits per heavy atom. The van der Waals surface area contributed by atoms with E-state index in [0.717, 1.165) is 6.54 Å². The lowest BCUT2D eigenvalue weighted by Crippen LogP contribution is -2.07. The first kappa shape index (κ1) is 8.60. The Morgan fingerprint density at radius 2 is 2.25 bits per heavy atom. The van der Waals surface area contributed by atoms with Crippen LogP contribution in [0.1, 0.15) is 19.8 Å². The van der Waals surface area contributed by atoms with Gasteiger partial charge in [0.05, 0.1) is 0 Å². The number of hydrogen-bond donors (Lipinski definition) is 0.